The second-order valence-electron chi connectivity index (χ2n) is 15.3. The molecule has 1 aromatic carbocycles. The first-order chi connectivity index (χ1) is 25.5. The zero-order chi connectivity index (χ0) is 39.9. The van der Waals surface area contributed by atoms with Gasteiger partial charge in [-0.15, -0.1) is 0 Å². The Morgan fingerprint density at radius 2 is 1.70 bits per heavy atom. The molecule has 0 radical (unpaired) electrons. The normalized spacial score (nSPS) is 35.3. The van der Waals surface area contributed by atoms with Crippen molar-refractivity contribution in [2.75, 3.05) is 14.1 Å². The molecule has 298 valence electrons. The molecule has 3 heterocycles. The third-order valence-corrected chi connectivity index (χ3v) is 11.0. The highest BCUT2D eigenvalue weighted by atomic mass is 16.7. The summed E-state index contributed by atoms with van der Waals surface area (Å²) in [5.41, 5.74) is -0.548. The Bertz CT molecular complexity index is 1600. The molecule has 13 heteroatoms. The van der Waals surface area contributed by atoms with Crippen LogP contribution in [0.15, 0.2) is 60.7 Å². The lowest BCUT2D eigenvalue weighted by Crippen LogP contribution is -2.57. The van der Waals surface area contributed by atoms with Crippen LogP contribution in [0, 0.1) is 23.7 Å². The van der Waals surface area contributed by atoms with Gasteiger partial charge in [-0.05, 0) is 96.2 Å². The van der Waals surface area contributed by atoms with E-state index in [1.54, 1.807) is 58.0 Å². The number of benzene rings is 1. The maximum atomic E-state index is 14.3. The van der Waals surface area contributed by atoms with Gasteiger partial charge in [-0.1, -0.05) is 52.8 Å². The lowest BCUT2D eigenvalue weighted by atomic mass is 9.79. The van der Waals surface area contributed by atoms with Crippen molar-refractivity contribution >= 4 is 23.8 Å². The minimum Gasteiger partial charge on any atom is -0.457 e. The summed E-state index contributed by atoms with van der Waals surface area (Å²) in [7, 11) is 3.81. The molecule has 1 fully saturated rings. The van der Waals surface area contributed by atoms with E-state index in [9.17, 15) is 24.3 Å². The SMILES string of the molecule is CCC1OC(=O)[C@H](C)C(=O)[C@H](C)[C@@H](O[C@@H]2O[C@H](C)C[C@H](N(C)C)[C@H]2OC(=O)c2ccccc2)[C@@H](C)C[C@@H](C)C(O)/C(C)=C/[C@]1(CC)OC(=O)n1ccnc1. The average Bonchev–Trinajstić information content (AvgIpc) is 3.70. The molecule has 2 aliphatic rings. The molecular formula is C41H59N3O10. The summed E-state index contributed by atoms with van der Waals surface area (Å²) in [6, 6.07) is 8.43. The number of carbonyl (C=O) groups is 4. The van der Waals surface area contributed by atoms with Crippen LogP contribution in [0.5, 0.6) is 0 Å². The molecule has 0 saturated carbocycles. The van der Waals surface area contributed by atoms with E-state index in [4.69, 9.17) is 23.7 Å². The number of likely N-dealkylation sites (N-methyl/N-ethyl adjacent to an activating group) is 1. The van der Waals surface area contributed by atoms with Crippen molar-refractivity contribution in [3.8, 4) is 0 Å². The number of rotatable bonds is 8. The van der Waals surface area contributed by atoms with Gasteiger partial charge in [0.15, 0.2) is 23.8 Å². The number of carbonyl (C=O) groups excluding carboxylic acids is 4. The zero-order valence-corrected chi connectivity index (χ0v) is 33.3. The molecule has 1 saturated heterocycles. The van der Waals surface area contributed by atoms with Crippen LogP contribution in [-0.2, 0) is 33.3 Å². The first-order valence-electron chi connectivity index (χ1n) is 19.1. The summed E-state index contributed by atoms with van der Waals surface area (Å²) in [4.78, 5) is 60.8. The minimum atomic E-state index is -1.46. The molecular weight excluding hydrogens is 694 g/mol. The Balaban J connectivity index is 1.73. The second-order valence-corrected chi connectivity index (χ2v) is 15.3. The first-order valence-corrected chi connectivity index (χ1v) is 19.1. The van der Waals surface area contributed by atoms with Crippen LogP contribution in [0.3, 0.4) is 0 Å². The van der Waals surface area contributed by atoms with Crippen molar-refractivity contribution in [2.45, 2.75) is 130 Å². The van der Waals surface area contributed by atoms with Crippen molar-refractivity contribution in [3.63, 3.8) is 0 Å². The molecule has 2 aliphatic heterocycles. The van der Waals surface area contributed by atoms with Crippen molar-refractivity contribution in [1.29, 1.82) is 0 Å². The van der Waals surface area contributed by atoms with Crippen LogP contribution in [0.2, 0.25) is 0 Å². The van der Waals surface area contributed by atoms with Gasteiger partial charge in [0.05, 0.1) is 29.9 Å². The summed E-state index contributed by atoms with van der Waals surface area (Å²) in [5.74, 6) is -4.45. The molecule has 4 rings (SSSR count). The highest BCUT2D eigenvalue weighted by Gasteiger charge is 2.48. The van der Waals surface area contributed by atoms with E-state index in [-0.39, 0.29) is 36.8 Å². The predicted molar refractivity (Wildman–Crippen MR) is 200 cm³/mol. The number of cyclic esters (lactones) is 1. The lowest BCUT2D eigenvalue weighted by molar-refractivity contribution is -0.277. The van der Waals surface area contributed by atoms with E-state index in [0.29, 0.717) is 24.0 Å². The molecule has 1 N–H and O–H groups in total. The largest absolute Gasteiger partial charge is 0.457 e. The Labute approximate surface area is 319 Å². The van der Waals surface area contributed by atoms with Crippen LogP contribution in [0.1, 0.15) is 91.4 Å². The monoisotopic (exact) mass is 753 g/mol. The van der Waals surface area contributed by atoms with E-state index < -0.39 is 72.0 Å². The maximum Gasteiger partial charge on any atom is 0.420 e. The van der Waals surface area contributed by atoms with Gasteiger partial charge in [0.1, 0.15) is 18.3 Å². The van der Waals surface area contributed by atoms with Crippen LogP contribution in [0.25, 0.3) is 0 Å². The number of imidazole rings is 1. The molecule has 2 aromatic rings. The Morgan fingerprint density at radius 1 is 1.02 bits per heavy atom. The second kappa shape index (κ2) is 18.6. The number of Topliss-reactive ketones (excluding diaryl/α,β-unsaturated/α-hetero) is 1. The number of hydrogen-bond donors (Lipinski definition) is 1. The van der Waals surface area contributed by atoms with E-state index in [1.807, 2.05) is 45.8 Å². The molecule has 12 atom stereocenters. The Morgan fingerprint density at radius 3 is 2.30 bits per heavy atom. The maximum absolute atomic E-state index is 14.3. The molecule has 13 nitrogen and oxygen atoms in total. The van der Waals surface area contributed by atoms with Crippen molar-refractivity contribution in [2.24, 2.45) is 23.7 Å². The molecule has 54 heavy (non-hydrogen) atoms. The van der Waals surface area contributed by atoms with Gasteiger partial charge in [-0.3, -0.25) is 9.59 Å². The molecule has 2 unspecified atom stereocenters. The van der Waals surface area contributed by atoms with E-state index in [0.717, 1.165) is 0 Å². The number of esters is 2. The summed E-state index contributed by atoms with van der Waals surface area (Å²) >= 11 is 0. The van der Waals surface area contributed by atoms with Gasteiger partial charge in [-0.25, -0.2) is 19.1 Å². The van der Waals surface area contributed by atoms with Crippen LogP contribution < -0.4 is 0 Å². The summed E-state index contributed by atoms with van der Waals surface area (Å²) in [6.07, 6.45) is 1.66. The fourth-order valence-electron chi connectivity index (χ4n) is 7.82. The molecule has 1 aromatic heterocycles. The van der Waals surface area contributed by atoms with Gasteiger partial charge >= 0.3 is 18.0 Å². The number of aromatic nitrogens is 2. The van der Waals surface area contributed by atoms with Gasteiger partial charge < -0.3 is 33.7 Å². The van der Waals surface area contributed by atoms with Crippen LogP contribution in [0.4, 0.5) is 4.79 Å². The van der Waals surface area contributed by atoms with Gasteiger partial charge in [0.2, 0.25) is 0 Å². The fourth-order valence-corrected chi connectivity index (χ4v) is 7.82. The minimum absolute atomic E-state index is 0.215. The molecule has 0 bridgehead atoms. The number of ketones is 1. The topological polar surface area (TPSA) is 156 Å². The van der Waals surface area contributed by atoms with Crippen LogP contribution >= 0.6 is 0 Å². The van der Waals surface area contributed by atoms with Crippen molar-refractivity contribution in [1.82, 2.24) is 14.5 Å². The standard InChI is InChI=1S/C41H59N3O10/c1-11-32-41(12-2,54-40(49)44-19-18-42-23-44)22-26(5)33(45)24(3)20-25(4)35(28(7)34(46)29(8)37(47)51-32)53-39-36(31(43(9)10)21-27(6)50-39)52-38(48)30-16-14-13-15-17-30/h13-19,22-25,27-29,31-33,35-36,39,45H,11-12,20-21H2,1-10H3/b26-22+/t24-,25+,27-,28+,29-,31+,32?,33?,35+,36-,39+,41+/m1/s1. The van der Waals surface area contributed by atoms with Crippen LogP contribution in [-0.4, -0.2) is 106 Å². The van der Waals surface area contributed by atoms with E-state index in [2.05, 4.69) is 4.98 Å². The number of nitrogens with zero attached hydrogens (tertiary/aromatic N) is 3. The molecule has 0 aliphatic carbocycles. The number of hydrogen-bond acceptors (Lipinski definition) is 12. The molecule has 0 amide bonds. The fraction of sp³-hybridized carbons (Fsp3) is 0.634. The summed E-state index contributed by atoms with van der Waals surface area (Å²) in [6.45, 7) is 14.3. The predicted octanol–water partition coefficient (Wildman–Crippen LogP) is 5.84. The zero-order valence-electron chi connectivity index (χ0n) is 33.3. The third-order valence-electron chi connectivity index (χ3n) is 11.0. The quantitative estimate of drug-likeness (QED) is 0.149. The van der Waals surface area contributed by atoms with Gasteiger partial charge in [0, 0.05) is 18.3 Å². The Hall–Kier alpha value is -3.91. The summed E-state index contributed by atoms with van der Waals surface area (Å²) in [5, 5.41) is 11.8. The van der Waals surface area contributed by atoms with E-state index in [1.165, 1.54) is 30.2 Å². The van der Waals surface area contributed by atoms with Crippen molar-refractivity contribution in [3.05, 3.63) is 66.3 Å². The number of aliphatic hydroxyl groups excluding tert-OH is 1. The highest BCUT2D eigenvalue weighted by Crippen LogP contribution is 2.37. The first kappa shape index (κ1) is 42.8. The van der Waals surface area contributed by atoms with Gasteiger partial charge in [-0.2, -0.15) is 0 Å². The van der Waals surface area contributed by atoms with Crippen molar-refractivity contribution < 1.29 is 48.0 Å². The third kappa shape index (κ3) is 9.84. The molecule has 0 spiro atoms. The van der Waals surface area contributed by atoms with E-state index >= 15 is 0 Å². The summed E-state index contributed by atoms with van der Waals surface area (Å²) < 4.78 is 32.6. The lowest BCUT2D eigenvalue weighted by Gasteiger charge is -2.45. The smallest absolute Gasteiger partial charge is 0.420 e. The number of aliphatic hydroxyl groups is 1. The Kier molecular flexibility index (Phi) is 14.8. The average molecular weight is 754 g/mol. The highest BCUT2D eigenvalue weighted by molar-refractivity contribution is 6.00. The number of ether oxygens (including phenoxy) is 5. The van der Waals surface area contributed by atoms with Gasteiger partial charge in [0.25, 0.3) is 0 Å².